The number of thioether (sulfide) groups is 1. The monoisotopic (exact) mass is 304 g/mol. The summed E-state index contributed by atoms with van der Waals surface area (Å²) < 4.78 is 18.2. The van der Waals surface area contributed by atoms with Gasteiger partial charge in [-0.3, -0.25) is 4.79 Å². The van der Waals surface area contributed by atoms with Crippen LogP contribution in [0.3, 0.4) is 0 Å². The van der Waals surface area contributed by atoms with Gasteiger partial charge in [0.15, 0.2) is 5.16 Å². The average Bonchev–Trinajstić information content (AvgIpc) is 2.94. The second kappa shape index (κ2) is 5.88. The fourth-order valence-corrected chi connectivity index (χ4v) is 2.30. The normalized spacial score (nSPS) is 10.7. The standard InChI is InChI=1S/C13H9FN4O2S/c14-9-3-1-2-8(6-9)12-17-11(20-18-12)7-21-13-15-5-4-10(19)16-13/h1-6H,7H2,(H,15,16,19). The molecule has 21 heavy (non-hydrogen) atoms. The van der Waals surface area contributed by atoms with Crippen LogP contribution >= 0.6 is 11.8 Å². The van der Waals surface area contributed by atoms with Crippen molar-refractivity contribution >= 4 is 11.8 Å². The molecule has 3 aromatic rings. The van der Waals surface area contributed by atoms with Gasteiger partial charge in [-0.2, -0.15) is 4.98 Å². The number of aromatic amines is 1. The number of benzene rings is 1. The van der Waals surface area contributed by atoms with Crippen LogP contribution < -0.4 is 5.56 Å². The van der Waals surface area contributed by atoms with Gasteiger partial charge in [-0.25, -0.2) is 9.37 Å². The van der Waals surface area contributed by atoms with Gasteiger partial charge in [0.25, 0.3) is 5.56 Å². The molecule has 0 aliphatic heterocycles. The van der Waals surface area contributed by atoms with Crippen LogP contribution in [0.4, 0.5) is 4.39 Å². The molecule has 6 nitrogen and oxygen atoms in total. The molecule has 1 aromatic carbocycles. The summed E-state index contributed by atoms with van der Waals surface area (Å²) in [6, 6.07) is 7.28. The van der Waals surface area contributed by atoms with Crippen molar-refractivity contribution in [2.75, 3.05) is 0 Å². The quantitative estimate of drug-likeness (QED) is 0.588. The number of nitrogens with one attached hydrogen (secondary N) is 1. The molecule has 0 saturated heterocycles. The van der Waals surface area contributed by atoms with E-state index in [-0.39, 0.29) is 11.4 Å². The molecule has 0 bridgehead atoms. The molecule has 2 aromatic heterocycles. The molecular weight excluding hydrogens is 295 g/mol. The first-order valence-corrected chi connectivity index (χ1v) is 6.96. The van der Waals surface area contributed by atoms with Gasteiger partial charge in [0, 0.05) is 17.8 Å². The van der Waals surface area contributed by atoms with Gasteiger partial charge in [-0.1, -0.05) is 29.1 Å². The summed E-state index contributed by atoms with van der Waals surface area (Å²) in [5.41, 5.74) is 0.319. The Morgan fingerprint density at radius 1 is 1.33 bits per heavy atom. The predicted molar refractivity (Wildman–Crippen MR) is 74.1 cm³/mol. The largest absolute Gasteiger partial charge is 0.338 e. The Morgan fingerprint density at radius 2 is 2.24 bits per heavy atom. The van der Waals surface area contributed by atoms with Crippen molar-refractivity contribution in [3.05, 3.63) is 58.6 Å². The van der Waals surface area contributed by atoms with Crippen molar-refractivity contribution in [1.82, 2.24) is 20.1 Å². The molecule has 0 fully saturated rings. The molecular formula is C13H9FN4O2S. The lowest BCUT2D eigenvalue weighted by Crippen LogP contribution is -2.05. The fraction of sp³-hybridized carbons (Fsp3) is 0.0769. The fourth-order valence-electron chi connectivity index (χ4n) is 1.61. The van der Waals surface area contributed by atoms with Crippen molar-refractivity contribution in [3.63, 3.8) is 0 Å². The highest BCUT2D eigenvalue weighted by atomic mass is 32.2. The highest BCUT2D eigenvalue weighted by molar-refractivity contribution is 7.98. The zero-order chi connectivity index (χ0) is 14.7. The Balaban J connectivity index is 1.72. The van der Waals surface area contributed by atoms with Crippen LogP contribution in [-0.2, 0) is 5.75 Å². The molecule has 0 radical (unpaired) electrons. The number of hydrogen-bond donors (Lipinski definition) is 1. The number of aromatic nitrogens is 4. The summed E-state index contributed by atoms with van der Waals surface area (Å²) in [5.74, 6) is 0.680. The molecule has 0 atom stereocenters. The molecule has 1 N–H and O–H groups in total. The minimum absolute atomic E-state index is 0.224. The second-order valence-corrected chi connectivity index (χ2v) is 5.01. The van der Waals surface area contributed by atoms with Crippen LogP contribution in [0.1, 0.15) is 5.89 Å². The lowest BCUT2D eigenvalue weighted by atomic mass is 10.2. The summed E-state index contributed by atoms with van der Waals surface area (Å²) in [5, 5.41) is 4.26. The van der Waals surface area contributed by atoms with Gasteiger partial charge < -0.3 is 9.51 Å². The van der Waals surface area contributed by atoms with Crippen LogP contribution in [0.5, 0.6) is 0 Å². The number of rotatable bonds is 4. The predicted octanol–water partition coefficient (Wildman–Crippen LogP) is 2.25. The molecule has 3 rings (SSSR count). The third-order valence-corrected chi connectivity index (χ3v) is 3.40. The van der Waals surface area contributed by atoms with Crippen LogP contribution in [0.15, 0.2) is 51.0 Å². The maximum Gasteiger partial charge on any atom is 0.251 e. The van der Waals surface area contributed by atoms with Crippen molar-refractivity contribution in [2.45, 2.75) is 10.9 Å². The van der Waals surface area contributed by atoms with Crippen LogP contribution in [0, 0.1) is 5.82 Å². The maximum absolute atomic E-state index is 13.1. The lowest BCUT2D eigenvalue weighted by Gasteiger charge is -1.95. The van der Waals surface area contributed by atoms with Gasteiger partial charge in [0.2, 0.25) is 11.7 Å². The van der Waals surface area contributed by atoms with Crippen molar-refractivity contribution in [2.24, 2.45) is 0 Å². The maximum atomic E-state index is 13.1. The van der Waals surface area contributed by atoms with Gasteiger partial charge in [0.1, 0.15) is 5.82 Å². The van der Waals surface area contributed by atoms with Crippen molar-refractivity contribution in [3.8, 4) is 11.4 Å². The van der Waals surface area contributed by atoms with Gasteiger partial charge >= 0.3 is 0 Å². The molecule has 0 aliphatic rings. The summed E-state index contributed by atoms with van der Waals surface area (Å²) in [7, 11) is 0. The molecule has 0 saturated carbocycles. The van der Waals surface area contributed by atoms with Crippen LogP contribution in [0.25, 0.3) is 11.4 Å². The first-order valence-electron chi connectivity index (χ1n) is 5.97. The Kier molecular flexibility index (Phi) is 3.78. The molecule has 0 amide bonds. The lowest BCUT2D eigenvalue weighted by molar-refractivity contribution is 0.391. The zero-order valence-corrected chi connectivity index (χ0v) is 11.4. The molecule has 0 unspecified atom stereocenters. The van der Waals surface area contributed by atoms with E-state index in [4.69, 9.17) is 4.52 Å². The van der Waals surface area contributed by atoms with Gasteiger partial charge in [0.05, 0.1) is 5.75 Å². The van der Waals surface area contributed by atoms with Gasteiger partial charge in [-0.15, -0.1) is 0 Å². The number of H-pyrrole nitrogens is 1. The van der Waals surface area contributed by atoms with Crippen LogP contribution in [0.2, 0.25) is 0 Å². The molecule has 2 heterocycles. The van der Waals surface area contributed by atoms with E-state index in [1.165, 1.54) is 36.2 Å². The second-order valence-electron chi connectivity index (χ2n) is 4.05. The van der Waals surface area contributed by atoms with E-state index in [0.29, 0.717) is 28.2 Å². The van der Waals surface area contributed by atoms with E-state index in [1.807, 2.05) is 0 Å². The highest BCUT2D eigenvalue weighted by Crippen LogP contribution is 2.20. The van der Waals surface area contributed by atoms with E-state index in [1.54, 1.807) is 12.1 Å². The summed E-state index contributed by atoms with van der Waals surface area (Å²) >= 11 is 1.26. The minimum Gasteiger partial charge on any atom is -0.338 e. The van der Waals surface area contributed by atoms with Crippen LogP contribution in [-0.4, -0.2) is 20.1 Å². The summed E-state index contributed by atoms with van der Waals surface area (Å²) in [4.78, 5) is 21.9. The molecule has 106 valence electrons. The molecule has 0 aliphatic carbocycles. The SMILES string of the molecule is O=c1ccnc(SCc2nc(-c3cccc(F)c3)no2)[nH]1. The number of nitrogens with zero attached hydrogens (tertiary/aromatic N) is 3. The first-order chi connectivity index (χ1) is 10.2. The third-order valence-electron chi connectivity index (χ3n) is 2.53. The zero-order valence-electron chi connectivity index (χ0n) is 10.6. The Morgan fingerprint density at radius 3 is 3.05 bits per heavy atom. The van der Waals surface area contributed by atoms with Crippen molar-refractivity contribution < 1.29 is 8.91 Å². The minimum atomic E-state index is -0.362. The first kappa shape index (κ1) is 13.5. The topological polar surface area (TPSA) is 84.7 Å². The molecule has 8 heteroatoms. The highest BCUT2D eigenvalue weighted by Gasteiger charge is 2.10. The third kappa shape index (κ3) is 3.34. The Bertz CT molecular complexity index is 817. The van der Waals surface area contributed by atoms with Crippen molar-refractivity contribution in [1.29, 1.82) is 0 Å². The Hall–Kier alpha value is -2.48. The van der Waals surface area contributed by atoms with E-state index in [2.05, 4.69) is 20.1 Å². The summed E-state index contributed by atoms with van der Waals surface area (Å²) in [6.07, 6.45) is 1.42. The van der Waals surface area contributed by atoms with E-state index >= 15 is 0 Å². The van der Waals surface area contributed by atoms with Gasteiger partial charge in [-0.05, 0) is 12.1 Å². The number of hydrogen-bond acceptors (Lipinski definition) is 6. The van der Waals surface area contributed by atoms with E-state index in [9.17, 15) is 9.18 Å². The van der Waals surface area contributed by atoms with E-state index < -0.39 is 0 Å². The number of halogens is 1. The van der Waals surface area contributed by atoms with E-state index in [0.717, 1.165) is 0 Å². The molecule has 0 spiro atoms. The Labute approximate surface area is 122 Å². The average molecular weight is 304 g/mol. The smallest absolute Gasteiger partial charge is 0.251 e. The summed E-state index contributed by atoms with van der Waals surface area (Å²) in [6.45, 7) is 0.